The predicted molar refractivity (Wildman–Crippen MR) is 114 cm³/mol. The van der Waals surface area contributed by atoms with E-state index in [1.54, 1.807) is 6.20 Å². The highest BCUT2D eigenvalue weighted by Crippen LogP contribution is 2.24. The van der Waals surface area contributed by atoms with Gasteiger partial charge in [0.2, 0.25) is 5.95 Å². The Morgan fingerprint density at radius 1 is 1.25 bits per heavy atom. The van der Waals surface area contributed by atoms with Gasteiger partial charge in [0.1, 0.15) is 5.82 Å². The van der Waals surface area contributed by atoms with Gasteiger partial charge in [-0.05, 0) is 44.3 Å². The van der Waals surface area contributed by atoms with Crippen LogP contribution in [0.15, 0.2) is 30.0 Å². The molecule has 1 saturated heterocycles. The van der Waals surface area contributed by atoms with Crippen LogP contribution >= 0.6 is 0 Å². The van der Waals surface area contributed by atoms with Crippen molar-refractivity contribution in [3.63, 3.8) is 0 Å². The van der Waals surface area contributed by atoms with Crippen LogP contribution in [-0.4, -0.2) is 50.8 Å². The molecule has 2 aromatic rings. The molecule has 3 heterocycles. The molecule has 0 bridgehead atoms. The van der Waals surface area contributed by atoms with Gasteiger partial charge in [0.15, 0.2) is 5.65 Å². The SMILES string of the molecule is CCCCNc1nc(N)c2cnn(CC3C=CC(CN4CCCC4)=CC3)c2n1. The van der Waals surface area contributed by atoms with Gasteiger partial charge in [-0.2, -0.15) is 15.1 Å². The number of nitrogens with two attached hydrogens (primary N) is 1. The molecule has 4 rings (SSSR count). The highest BCUT2D eigenvalue weighted by molar-refractivity contribution is 5.86. The molecule has 1 aliphatic carbocycles. The van der Waals surface area contributed by atoms with Gasteiger partial charge in [-0.15, -0.1) is 0 Å². The number of anilines is 2. The number of nitrogens with zero attached hydrogens (tertiary/aromatic N) is 5. The van der Waals surface area contributed by atoms with Crippen molar-refractivity contribution >= 4 is 22.8 Å². The second kappa shape index (κ2) is 8.73. The van der Waals surface area contributed by atoms with E-state index in [2.05, 4.69) is 50.4 Å². The molecular formula is C21H31N7. The molecule has 1 unspecified atom stereocenters. The summed E-state index contributed by atoms with van der Waals surface area (Å²) in [5.41, 5.74) is 8.39. The summed E-state index contributed by atoms with van der Waals surface area (Å²) in [4.78, 5) is 11.6. The van der Waals surface area contributed by atoms with E-state index in [9.17, 15) is 0 Å². The number of fused-ring (bicyclic) bond motifs is 1. The van der Waals surface area contributed by atoms with E-state index in [1.807, 2.05) is 4.68 Å². The van der Waals surface area contributed by atoms with Gasteiger partial charge in [-0.25, -0.2) is 4.68 Å². The fraction of sp³-hybridized carbons (Fsp3) is 0.571. The molecule has 3 N–H and O–H groups in total. The van der Waals surface area contributed by atoms with E-state index in [0.29, 0.717) is 17.7 Å². The Balaban J connectivity index is 1.42. The first-order chi connectivity index (χ1) is 13.7. The van der Waals surface area contributed by atoms with Gasteiger partial charge in [0.25, 0.3) is 0 Å². The van der Waals surface area contributed by atoms with Crippen LogP contribution in [0.1, 0.15) is 39.0 Å². The van der Waals surface area contributed by atoms with Gasteiger partial charge < -0.3 is 11.1 Å². The van der Waals surface area contributed by atoms with E-state index in [4.69, 9.17) is 5.73 Å². The Morgan fingerprint density at radius 2 is 2.11 bits per heavy atom. The quantitative estimate of drug-likeness (QED) is 0.683. The summed E-state index contributed by atoms with van der Waals surface area (Å²) < 4.78 is 1.96. The minimum Gasteiger partial charge on any atom is -0.383 e. The van der Waals surface area contributed by atoms with Gasteiger partial charge in [-0.1, -0.05) is 31.6 Å². The lowest BCUT2D eigenvalue weighted by Gasteiger charge is -2.20. The smallest absolute Gasteiger partial charge is 0.226 e. The van der Waals surface area contributed by atoms with E-state index >= 15 is 0 Å². The zero-order valence-corrected chi connectivity index (χ0v) is 16.8. The minimum absolute atomic E-state index is 0.429. The maximum absolute atomic E-state index is 6.13. The molecule has 0 radical (unpaired) electrons. The third-order valence-electron chi connectivity index (χ3n) is 5.62. The standard InChI is InChI=1S/C21H31N7/c1-2-3-10-23-21-25-19(22)18-13-24-28(20(18)26-21)15-17-8-6-16(7-9-17)14-27-11-4-5-12-27/h6-8,13,17H,2-5,9-12,14-15H2,1H3,(H3,22,23,25,26). The number of nitrogens with one attached hydrogen (secondary N) is 1. The van der Waals surface area contributed by atoms with Crippen LogP contribution in [0.3, 0.4) is 0 Å². The molecule has 0 spiro atoms. The third kappa shape index (κ3) is 4.35. The molecule has 1 fully saturated rings. The van der Waals surface area contributed by atoms with Crippen LogP contribution in [0.4, 0.5) is 11.8 Å². The number of allylic oxidation sites excluding steroid dienone is 2. The van der Waals surface area contributed by atoms with Crippen LogP contribution in [0.25, 0.3) is 11.0 Å². The number of hydrogen-bond donors (Lipinski definition) is 2. The van der Waals surface area contributed by atoms with Crippen molar-refractivity contribution in [3.05, 3.63) is 30.0 Å². The fourth-order valence-electron chi connectivity index (χ4n) is 3.95. The largest absolute Gasteiger partial charge is 0.383 e. The second-order valence-corrected chi connectivity index (χ2v) is 7.89. The predicted octanol–water partition coefficient (Wildman–Crippen LogP) is 3.22. The lowest BCUT2D eigenvalue weighted by Crippen LogP contribution is -2.22. The number of nitrogen functional groups attached to an aromatic ring is 1. The molecule has 0 saturated carbocycles. The van der Waals surface area contributed by atoms with Crippen LogP contribution in [0.2, 0.25) is 0 Å². The van der Waals surface area contributed by atoms with E-state index in [0.717, 1.165) is 49.9 Å². The highest BCUT2D eigenvalue weighted by Gasteiger charge is 2.17. The molecule has 2 aromatic heterocycles. The van der Waals surface area contributed by atoms with Crippen LogP contribution in [0.5, 0.6) is 0 Å². The molecular weight excluding hydrogens is 350 g/mol. The lowest BCUT2D eigenvalue weighted by atomic mass is 9.96. The van der Waals surface area contributed by atoms with E-state index in [1.165, 1.54) is 31.5 Å². The highest BCUT2D eigenvalue weighted by atomic mass is 15.3. The topological polar surface area (TPSA) is 84.9 Å². The van der Waals surface area contributed by atoms with Crippen LogP contribution in [-0.2, 0) is 6.54 Å². The molecule has 1 atom stereocenters. The van der Waals surface area contributed by atoms with Crippen molar-refractivity contribution < 1.29 is 0 Å². The van der Waals surface area contributed by atoms with Crippen LogP contribution < -0.4 is 11.1 Å². The Labute approximate surface area is 166 Å². The normalized spacial score (nSPS) is 20.0. The van der Waals surface area contributed by atoms with Gasteiger partial charge in [-0.3, -0.25) is 4.90 Å². The number of aromatic nitrogens is 4. The molecule has 1 aliphatic heterocycles. The first-order valence-electron chi connectivity index (χ1n) is 10.6. The molecule has 7 nitrogen and oxygen atoms in total. The van der Waals surface area contributed by atoms with Crippen molar-refractivity contribution in [2.45, 2.75) is 45.6 Å². The zero-order valence-electron chi connectivity index (χ0n) is 16.8. The van der Waals surface area contributed by atoms with Gasteiger partial charge in [0.05, 0.1) is 11.6 Å². The number of likely N-dealkylation sites (tertiary alicyclic amines) is 1. The Kier molecular flexibility index (Phi) is 5.90. The number of hydrogen-bond acceptors (Lipinski definition) is 6. The third-order valence-corrected chi connectivity index (χ3v) is 5.62. The maximum atomic E-state index is 6.13. The zero-order chi connectivity index (χ0) is 19.3. The van der Waals surface area contributed by atoms with Crippen molar-refractivity contribution in [2.75, 3.05) is 37.2 Å². The summed E-state index contributed by atoms with van der Waals surface area (Å²) >= 11 is 0. The molecule has 7 heteroatoms. The van der Waals surface area contributed by atoms with Crippen molar-refractivity contribution in [1.29, 1.82) is 0 Å². The maximum Gasteiger partial charge on any atom is 0.226 e. The molecule has 28 heavy (non-hydrogen) atoms. The number of rotatable bonds is 8. The monoisotopic (exact) mass is 381 g/mol. The summed E-state index contributed by atoms with van der Waals surface area (Å²) in [6.45, 7) is 7.39. The number of unbranched alkanes of at least 4 members (excludes halogenated alkanes) is 1. The summed E-state index contributed by atoms with van der Waals surface area (Å²) in [6, 6.07) is 0. The fourth-order valence-corrected chi connectivity index (χ4v) is 3.95. The van der Waals surface area contributed by atoms with Gasteiger partial charge in [0, 0.05) is 25.6 Å². The van der Waals surface area contributed by atoms with Crippen LogP contribution in [0, 0.1) is 5.92 Å². The molecule has 150 valence electrons. The summed E-state index contributed by atoms with van der Waals surface area (Å²) in [5, 5.41) is 8.63. The van der Waals surface area contributed by atoms with E-state index in [-0.39, 0.29) is 0 Å². The van der Waals surface area contributed by atoms with Crippen molar-refractivity contribution in [1.82, 2.24) is 24.6 Å². The average molecular weight is 382 g/mol. The lowest BCUT2D eigenvalue weighted by molar-refractivity contribution is 0.369. The summed E-state index contributed by atoms with van der Waals surface area (Å²) in [5.74, 6) is 1.51. The Bertz CT molecular complexity index is 861. The Morgan fingerprint density at radius 3 is 2.86 bits per heavy atom. The molecule has 2 aliphatic rings. The summed E-state index contributed by atoms with van der Waals surface area (Å²) in [6.07, 6.45) is 14.7. The van der Waals surface area contributed by atoms with Crippen molar-refractivity contribution in [3.8, 4) is 0 Å². The second-order valence-electron chi connectivity index (χ2n) is 7.89. The molecule has 0 amide bonds. The first kappa shape index (κ1) is 18.9. The van der Waals surface area contributed by atoms with Crippen molar-refractivity contribution in [2.24, 2.45) is 5.92 Å². The Hall–Kier alpha value is -2.41. The molecule has 0 aromatic carbocycles. The van der Waals surface area contributed by atoms with Gasteiger partial charge >= 0.3 is 0 Å². The summed E-state index contributed by atoms with van der Waals surface area (Å²) in [7, 11) is 0. The first-order valence-corrected chi connectivity index (χ1v) is 10.6. The van der Waals surface area contributed by atoms with E-state index < -0.39 is 0 Å². The minimum atomic E-state index is 0.429. The average Bonchev–Trinajstić information content (AvgIpc) is 3.34.